The molecule has 2 aromatic carbocycles. The van der Waals surface area contributed by atoms with Gasteiger partial charge in [-0.3, -0.25) is 4.79 Å². The summed E-state index contributed by atoms with van der Waals surface area (Å²) in [5, 5.41) is 11.1. The van der Waals surface area contributed by atoms with Crippen molar-refractivity contribution in [2.75, 3.05) is 25.3 Å². The molecule has 0 bridgehead atoms. The Morgan fingerprint density at radius 1 is 1.00 bits per heavy atom. The third kappa shape index (κ3) is 4.51. The van der Waals surface area contributed by atoms with Gasteiger partial charge in [-0.15, -0.1) is 0 Å². The van der Waals surface area contributed by atoms with Crippen molar-refractivity contribution in [3.8, 4) is 22.6 Å². The molecular weight excluding hydrogens is 324 g/mol. The number of methoxy groups -OCH3 is 2. The average molecular weight is 342 g/mol. The zero-order chi connectivity index (χ0) is 18.4. The summed E-state index contributed by atoms with van der Waals surface area (Å²) in [7, 11) is 3.02. The van der Waals surface area contributed by atoms with E-state index in [-0.39, 0.29) is 0 Å². The van der Waals surface area contributed by atoms with Crippen LogP contribution in [0.3, 0.4) is 0 Å². The van der Waals surface area contributed by atoms with E-state index in [1.807, 2.05) is 6.07 Å². The van der Waals surface area contributed by atoms with Crippen LogP contribution < -0.4 is 20.5 Å². The Kier molecular flexibility index (Phi) is 5.62. The summed E-state index contributed by atoms with van der Waals surface area (Å²) in [6.45, 7) is 0. The Hall–Kier alpha value is -3.48. The maximum absolute atomic E-state index is 11.7. The van der Waals surface area contributed by atoms with E-state index in [9.17, 15) is 9.59 Å². The minimum Gasteiger partial charge on any atom is -0.495 e. The van der Waals surface area contributed by atoms with Crippen molar-refractivity contribution in [1.82, 2.24) is 0 Å². The first-order chi connectivity index (χ1) is 11.9. The van der Waals surface area contributed by atoms with Gasteiger partial charge in [-0.1, -0.05) is 12.1 Å². The molecule has 0 atom stereocenters. The van der Waals surface area contributed by atoms with Gasteiger partial charge in [0.05, 0.1) is 25.6 Å². The molecule has 0 unspecified atom stereocenters. The summed E-state index contributed by atoms with van der Waals surface area (Å²) >= 11 is 0. The van der Waals surface area contributed by atoms with E-state index < -0.39 is 11.9 Å². The lowest BCUT2D eigenvalue weighted by molar-refractivity contribution is -0.131. The van der Waals surface area contributed by atoms with E-state index >= 15 is 0 Å². The highest BCUT2D eigenvalue weighted by molar-refractivity contribution is 6.03. The van der Waals surface area contributed by atoms with Gasteiger partial charge in [0.25, 0.3) is 0 Å². The predicted molar refractivity (Wildman–Crippen MR) is 94.8 cm³/mol. The Morgan fingerprint density at radius 3 is 2.20 bits per heavy atom. The lowest BCUT2D eigenvalue weighted by atomic mass is 10.0. The maximum atomic E-state index is 11.7. The number of carbonyl (C=O) groups excluding carboxylic acids is 1. The fourth-order valence-corrected chi connectivity index (χ4v) is 2.19. The SMILES string of the molecule is COc1cc(-c2ccc(NC(=O)/C=C\C(=O)O)c(OC)c2)ccc1N. The Morgan fingerprint density at radius 2 is 1.60 bits per heavy atom. The molecule has 1 amide bonds. The normalized spacial score (nSPS) is 10.5. The monoisotopic (exact) mass is 342 g/mol. The van der Waals surface area contributed by atoms with E-state index in [1.165, 1.54) is 7.11 Å². The second kappa shape index (κ2) is 7.87. The van der Waals surface area contributed by atoms with Gasteiger partial charge >= 0.3 is 5.97 Å². The van der Waals surface area contributed by atoms with E-state index in [1.54, 1.807) is 37.4 Å². The molecule has 7 nitrogen and oxygen atoms in total. The van der Waals surface area contributed by atoms with Crippen molar-refractivity contribution in [2.24, 2.45) is 0 Å². The zero-order valence-corrected chi connectivity index (χ0v) is 13.8. The number of aliphatic carboxylic acids is 1. The topological polar surface area (TPSA) is 111 Å². The quantitative estimate of drug-likeness (QED) is 0.549. The van der Waals surface area contributed by atoms with Crippen molar-refractivity contribution in [2.45, 2.75) is 0 Å². The summed E-state index contributed by atoms with van der Waals surface area (Å²) in [5.74, 6) is -0.768. The molecule has 2 rings (SSSR count). The Bertz CT molecular complexity index is 830. The Balaban J connectivity index is 2.30. The second-order valence-electron chi connectivity index (χ2n) is 5.03. The van der Waals surface area contributed by atoms with Crippen LogP contribution in [0.5, 0.6) is 11.5 Å². The molecule has 0 radical (unpaired) electrons. The van der Waals surface area contributed by atoms with E-state index in [2.05, 4.69) is 5.32 Å². The van der Waals surface area contributed by atoms with Gasteiger partial charge in [-0.2, -0.15) is 0 Å². The van der Waals surface area contributed by atoms with E-state index in [0.717, 1.165) is 23.3 Å². The highest BCUT2D eigenvalue weighted by Gasteiger charge is 2.10. The number of carboxylic acids is 1. The number of nitrogens with two attached hydrogens (primary N) is 1. The average Bonchev–Trinajstić information content (AvgIpc) is 2.60. The maximum Gasteiger partial charge on any atom is 0.328 e. The molecule has 130 valence electrons. The molecule has 0 saturated carbocycles. The molecule has 0 saturated heterocycles. The number of carboxylic acid groups (broad SMARTS) is 1. The number of ether oxygens (including phenoxy) is 2. The fraction of sp³-hybridized carbons (Fsp3) is 0.111. The van der Waals surface area contributed by atoms with Crippen molar-refractivity contribution >= 4 is 23.3 Å². The smallest absolute Gasteiger partial charge is 0.328 e. The third-order valence-corrected chi connectivity index (χ3v) is 3.40. The molecule has 2 aromatic rings. The van der Waals surface area contributed by atoms with Gasteiger partial charge in [0.15, 0.2) is 0 Å². The van der Waals surface area contributed by atoms with Crippen LogP contribution in [0.1, 0.15) is 0 Å². The molecule has 0 heterocycles. The molecule has 0 aliphatic carbocycles. The molecule has 7 heteroatoms. The standard InChI is InChI=1S/C18H18N2O5/c1-24-15-9-11(3-5-13(15)19)12-4-6-14(16(10-12)25-2)20-17(21)7-8-18(22)23/h3-10H,19H2,1-2H3,(H,20,21)(H,22,23)/b8-7-. The number of nitrogen functional groups attached to an aromatic ring is 1. The molecule has 0 aromatic heterocycles. The van der Waals surface area contributed by atoms with Crippen LogP contribution >= 0.6 is 0 Å². The Labute approximate surface area is 144 Å². The first-order valence-electron chi connectivity index (χ1n) is 7.28. The highest BCUT2D eigenvalue weighted by Crippen LogP contribution is 2.33. The molecule has 4 N–H and O–H groups in total. The van der Waals surface area contributed by atoms with Crippen molar-refractivity contribution in [1.29, 1.82) is 0 Å². The number of amides is 1. The van der Waals surface area contributed by atoms with Gasteiger partial charge in [-0.05, 0) is 35.4 Å². The van der Waals surface area contributed by atoms with Crippen molar-refractivity contribution in [3.05, 3.63) is 48.6 Å². The summed E-state index contributed by atoms with van der Waals surface area (Å²) < 4.78 is 10.5. The molecule has 0 spiro atoms. The number of hydrogen-bond acceptors (Lipinski definition) is 5. The van der Waals surface area contributed by atoms with Crippen LogP contribution in [0.2, 0.25) is 0 Å². The molecule has 0 aliphatic rings. The zero-order valence-electron chi connectivity index (χ0n) is 13.8. The fourth-order valence-electron chi connectivity index (χ4n) is 2.19. The van der Waals surface area contributed by atoms with Gasteiger partial charge in [0, 0.05) is 12.2 Å². The summed E-state index contributed by atoms with van der Waals surface area (Å²) in [5.41, 5.74) is 8.49. The predicted octanol–water partition coefficient (Wildman–Crippen LogP) is 2.53. The minimum atomic E-state index is -1.20. The first kappa shape index (κ1) is 17.9. The summed E-state index contributed by atoms with van der Waals surface area (Å²) in [6, 6.07) is 10.6. The number of benzene rings is 2. The van der Waals surface area contributed by atoms with Gasteiger partial charge in [0.2, 0.25) is 5.91 Å². The largest absolute Gasteiger partial charge is 0.495 e. The number of carbonyl (C=O) groups is 2. The molecule has 0 aliphatic heterocycles. The van der Waals surface area contributed by atoms with Gasteiger partial charge in [0.1, 0.15) is 11.5 Å². The van der Waals surface area contributed by atoms with E-state index in [4.69, 9.17) is 20.3 Å². The minimum absolute atomic E-state index is 0.425. The number of rotatable bonds is 6. The number of nitrogens with one attached hydrogen (secondary N) is 1. The van der Waals surface area contributed by atoms with Gasteiger partial charge in [-0.25, -0.2) is 4.79 Å². The second-order valence-corrected chi connectivity index (χ2v) is 5.03. The molecule has 0 fully saturated rings. The summed E-state index contributed by atoms with van der Waals surface area (Å²) in [4.78, 5) is 22.2. The van der Waals surface area contributed by atoms with Crippen LogP contribution in [-0.2, 0) is 9.59 Å². The van der Waals surface area contributed by atoms with Gasteiger partial charge < -0.3 is 25.6 Å². The van der Waals surface area contributed by atoms with Crippen LogP contribution in [0.15, 0.2) is 48.6 Å². The number of hydrogen-bond donors (Lipinski definition) is 3. The highest BCUT2D eigenvalue weighted by atomic mass is 16.5. The number of anilines is 2. The van der Waals surface area contributed by atoms with Crippen LogP contribution in [0.4, 0.5) is 11.4 Å². The van der Waals surface area contributed by atoms with E-state index in [0.29, 0.717) is 22.9 Å². The van der Waals surface area contributed by atoms with Crippen molar-refractivity contribution < 1.29 is 24.2 Å². The van der Waals surface area contributed by atoms with Crippen LogP contribution in [-0.4, -0.2) is 31.2 Å². The third-order valence-electron chi connectivity index (χ3n) is 3.40. The molecule has 25 heavy (non-hydrogen) atoms. The molecular formula is C18H18N2O5. The van der Waals surface area contributed by atoms with Crippen LogP contribution in [0, 0.1) is 0 Å². The van der Waals surface area contributed by atoms with Crippen molar-refractivity contribution in [3.63, 3.8) is 0 Å². The lowest BCUT2D eigenvalue weighted by Crippen LogP contribution is -2.09. The lowest BCUT2D eigenvalue weighted by Gasteiger charge is -2.12. The summed E-state index contributed by atoms with van der Waals surface area (Å²) in [6.07, 6.45) is 1.69. The first-order valence-corrected chi connectivity index (χ1v) is 7.28. The van der Waals surface area contributed by atoms with Crippen LogP contribution in [0.25, 0.3) is 11.1 Å².